The Morgan fingerprint density at radius 3 is 0.951 bits per heavy atom. The zero-order valence-electron chi connectivity index (χ0n) is 47.8. The number of nitrogens with one attached hydrogen (secondary N) is 4. The van der Waals surface area contributed by atoms with E-state index in [0.717, 1.165) is 11.8 Å². The Morgan fingerprint density at radius 1 is 0.358 bits per heavy atom. The van der Waals surface area contributed by atoms with Crippen LogP contribution < -0.4 is 36.5 Å². The summed E-state index contributed by atoms with van der Waals surface area (Å²) in [5.41, 5.74) is 8.03. The van der Waals surface area contributed by atoms with Gasteiger partial charge in [-0.1, -0.05) is 0 Å². The number of carbonyl (C=O) groups excluding carboxylic acids is 6. The number of aryl methyl sites for hydroxylation is 1. The van der Waals surface area contributed by atoms with E-state index in [1.54, 1.807) is 30.3 Å². The Balaban J connectivity index is 1.17. The molecule has 0 aliphatic carbocycles. The number of nitrogen functional groups attached to an aromatic ring is 1. The smallest absolute Gasteiger partial charge is 0.222 e. The molecule has 0 bridgehead atoms. The maximum atomic E-state index is 12.0. The highest BCUT2D eigenvalue weighted by Crippen LogP contribution is 2.19. The van der Waals surface area contributed by atoms with Crippen LogP contribution in [0.3, 0.4) is 0 Å². The topological polar surface area (TPSA) is 297 Å². The van der Waals surface area contributed by atoms with E-state index >= 15 is 0 Å². The average molecular weight is 1150 g/mol. The van der Waals surface area contributed by atoms with Gasteiger partial charge in [0.15, 0.2) is 6.29 Å². The summed E-state index contributed by atoms with van der Waals surface area (Å²) in [6.07, 6.45) is 6.64. The summed E-state index contributed by atoms with van der Waals surface area (Å²) in [6, 6.07) is 10.1. The molecule has 0 aromatic heterocycles. The molecule has 24 nitrogen and oxygen atoms in total. The first-order valence-electron chi connectivity index (χ1n) is 28.3. The molecule has 4 amide bonds. The summed E-state index contributed by atoms with van der Waals surface area (Å²) in [5, 5.41) is 11.4. The number of hydrogen-bond donors (Lipinski definition) is 5. The molecule has 2 aromatic rings. The lowest BCUT2D eigenvalue weighted by molar-refractivity contribution is -0.123. The van der Waals surface area contributed by atoms with E-state index in [0.29, 0.717) is 271 Å². The van der Waals surface area contributed by atoms with Gasteiger partial charge in [-0.05, 0) is 81.3 Å². The summed E-state index contributed by atoms with van der Waals surface area (Å²) in [5.74, 6) is 0.985. The first-order valence-corrected chi connectivity index (χ1v) is 28.3. The van der Waals surface area contributed by atoms with Crippen LogP contribution in [0.25, 0.3) is 0 Å². The van der Waals surface area contributed by atoms with E-state index in [9.17, 15) is 28.8 Å². The molecule has 0 spiro atoms. The van der Waals surface area contributed by atoms with Crippen LogP contribution in [0.2, 0.25) is 0 Å². The maximum absolute atomic E-state index is 12.0. The van der Waals surface area contributed by atoms with Gasteiger partial charge in [-0.3, -0.25) is 28.8 Å². The van der Waals surface area contributed by atoms with Gasteiger partial charge in [-0.25, -0.2) is 0 Å². The molecule has 0 atom stereocenters. The zero-order chi connectivity index (χ0) is 58.3. The molecule has 0 aliphatic rings. The van der Waals surface area contributed by atoms with Crippen LogP contribution in [0, 0.1) is 6.92 Å². The monoisotopic (exact) mass is 1150 g/mol. The van der Waals surface area contributed by atoms with Crippen LogP contribution in [0.5, 0.6) is 11.5 Å². The molecule has 0 heterocycles. The summed E-state index contributed by atoms with van der Waals surface area (Å²) >= 11 is 0. The third-order valence-electron chi connectivity index (χ3n) is 11.3. The number of ether oxygens (including phenoxy) is 13. The number of aldehydes is 2. The zero-order valence-corrected chi connectivity index (χ0v) is 47.8. The molecule has 0 saturated carbocycles. The third-order valence-corrected chi connectivity index (χ3v) is 11.3. The van der Waals surface area contributed by atoms with Crippen molar-refractivity contribution in [1.29, 1.82) is 0 Å². The molecule has 0 fully saturated rings. The third kappa shape index (κ3) is 44.0. The van der Waals surface area contributed by atoms with Gasteiger partial charge in [0.1, 0.15) is 17.8 Å². The molecule has 0 radical (unpaired) electrons. The van der Waals surface area contributed by atoms with Gasteiger partial charge in [0.25, 0.3) is 0 Å². The minimum Gasteiger partial charge on any atom is -0.494 e. The van der Waals surface area contributed by atoms with Crippen LogP contribution in [0.1, 0.15) is 90.5 Å². The van der Waals surface area contributed by atoms with Gasteiger partial charge in [0, 0.05) is 101 Å². The van der Waals surface area contributed by atoms with Gasteiger partial charge in [0.2, 0.25) is 23.6 Å². The summed E-state index contributed by atoms with van der Waals surface area (Å²) in [4.78, 5) is 69.9. The van der Waals surface area contributed by atoms with Gasteiger partial charge in [-0.2, -0.15) is 0 Å². The molecule has 2 rings (SSSR count). The fraction of sp³-hybridized carbons (Fsp3) is 0.684. The Bertz CT molecular complexity index is 1800. The summed E-state index contributed by atoms with van der Waals surface area (Å²) < 4.78 is 71.9. The Hall–Kier alpha value is -5.38. The van der Waals surface area contributed by atoms with Crippen molar-refractivity contribution in [2.45, 2.75) is 71.1 Å². The van der Waals surface area contributed by atoms with Gasteiger partial charge >= 0.3 is 0 Å². The number of rotatable bonds is 58. The largest absolute Gasteiger partial charge is 0.494 e. The van der Waals surface area contributed by atoms with E-state index < -0.39 is 0 Å². The lowest BCUT2D eigenvalue weighted by Crippen LogP contribution is -2.26. The van der Waals surface area contributed by atoms with E-state index in [1.807, 2.05) is 13.0 Å². The van der Waals surface area contributed by atoms with Crippen molar-refractivity contribution in [3.8, 4) is 11.5 Å². The van der Waals surface area contributed by atoms with Crippen molar-refractivity contribution >= 4 is 41.9 Å². The standard InChI is InChI=1S/C57H93N5O19/c1-48-44-51(12-10-49(48)46-63)80-24-2-8-54(65)59-16-4-20-69-28-34-75-36-30-71-22-6-18-61-56(67)14-26-73-32-38-77-40-42-79-43-41-78-39-33-74-27-15-57(68)62-19-7-23-72-31-37-76-35-29-70-21-5-17-60-55(66)9-3-25-81-52-13-11-50(47-64)53(58)45-52/h10-13,44-47H,2-9,14-43,58H2,1H3,(H,59,65)(H,60,66)(H,61,67)(H,62,68). The first kappa shape index (κ1) is 71.7. The molecule has 24 heteroatoms. The molecular weight excluding hydrogens is 1060 g/mol. The van der Waals surface area contributed by atoms with E-state index in [2.05, 4.69) is 21.3 Å². The lowest BCUT2D eigenvalue weighted by Gasteiger charge is -2.09. The Kier molecular flexibility index (Phi) is 46.6. The fourth-order valence-electron chi connectivity index (χ4n) is 6.82. The van der Waals surface area contributed by atoms with E-state index in [4.69, 9.17) is 67.3 Å². The van der Waals surface area contributed by atoms with Crippen molar-refractivity contribution in [2.75, 3.05) is 190 Å². The quantitative estimate of drug-likeness (QED) is 0.0361. The molecule has 0 saturated heterocycles. The molecule has 81 heavy (non-hydrogen) atoms. The van der Waals surface area contributed by atoms with Crippen molar-refractivity contribution in [3.05, 3.63) is 53.1 Å². The minimum atomic E-state index is -0.0869. The molecule has 6 N–H and O–H groups in total. The molecule has 0 unspecified atom stereocenters. The number of amides is 4. The highest BCUT2D eigenvalue weighted by atomic mass is 16.6. The number of nitrogens with two attached hydrogens (primary N) is 1. The van der Waals surface area contributed by atoms with Crippen molar-refractivity contribution in [2.24, 2.45) is 0 Å². The predicted octanol–water partition coefficient (Wildman–Crippen LogP) is 3.21. The maximum Gasteiger partial charge on any atom is 0.222 e. The van der Waals surface area contributed by atoms with Gasteiger partial charge in [0.05, 0.1) is 132 Å². The summed E-state index contributed by atoms with van der Waals surface area (Å²) in [7, 11) is 0. The Morgan fingerprint density at radius 2 is 0.642 bits per heavy atom. The summed E-state index contributed by atoms with van der Waals surface area (Å²) in [6.45, 7) is 14.2. The van der Waals surface area contributed by atoms with Crippen molar-refractivity contribution < 1.29 is 90.3 Å². The second-order valence-corrected chi connectivity index (χ2v) is 18.0. The molecule has 0 aliphatic heterocycles. The number of hydrogen-bond acceptors (Lipinski definition) is 20. The minimum absolute atomic E-state index is 0.0303. The number of anilines is 1. The SMILES string of the molecule is Cc1cc(OCCCC(=O)NCCCOCCOCCOCCCNC(=O)CCOCCOCCOCCOCCOCCC(=O)NCCCOCCOCCOCCCNC(=O)CCCOc2ccc(C=O)c(N)c2)ccc1C=O. The first-order chi connectivity index (χ1) is 39.7. The number of carbonyl (C=O) groups is 6. The normalized spacial score (nSPS) is 11.1. The van der Waals surface area contributed by atoms with Crippen molar-refractivity contribution in [3.63, 3.8) is 0 Å². The van der Waals surface area contributed by atoms with Crippen molar-refractivity contribution in [1.82, 2.24) is 21.3 Å². The van der Waals surface area contributed by atoms with Gasteiger partial charge in [-0.15, -0.1) is 0 Å². The highest BCUT2D eigenvalue weighted by molar-refractivity contribution is 5.83. The van der Waals surface area contributed by atoms with Gasteiger partial charge < -0.3 is 88.6 Å². The molecule has 2 aromatic carbocycles. The molecular formula is C57H93N5O19. The fourth-order valence-corrected chi connectivity index (χ4v) is 6.82. The van der Waals surface area contributed by atoms with Crippen LogP contribution in [0.4, 0.5) is 5.69 Å². The van der Waals surface area contributed by atoms with Crippen LogP contribution in [-0.4, -0.2) is 221 Å². The van der Waals surface area contributed by atoms with Crippen LogP contribution in [-0.2, 0) is 71.3 Å². The highest BCUT2D eigenvalue weighted by Gasteiger charge is 2.07. The second-order valence-electron chi connectivity index (χ2n) is 18.0. The number of benzene rings is 2. The Labute approximate surface area is 478 Å². The van der Waals surface area contributed by atoms with Crippen LogP contribution >= 0.6 is 0 Å². The van der Waals surface area contributed by atoms with E-state index in [-0.39, 0.29) is 36.5 Å². The average Bonchev–Trinajstić information content (AvgIpc) is 3.46. The predicted molar refractivity (Wildman–Crippen MR) is 301 cm³/mol. The van der Waals surface area contributed by atoms with E-state index in [1.165, 1.54) is 0 Å². The van der Waals surface area contributed by atoms with Crippen LogP contribution in [0.15, 0.2) is 36.4 Å². The second kappa shape index (κ2) is 52.7. The molecule has 460 valence electrons. The lowest BCUT2D eigenvalue weighted by atomic mass is 10.1.